The first kappa shape index (κ1) is 18.5. The molecule has 3 heterocycles. The predicted molar refractivity (Wildman–Crippen MR) is 94.5 cm³/mol. The highest BCUT2D eigenvalue weighted by Gasteiger charge is 2.21. The highest BCUT2D eigenvalue weighted by Crippen LogP contribution is 2.26. The van der Waals surface area contributed by atoms with Crippen molar-refractivity contribution >= 4 is 11.6 Å². The van der Waals surface area contributed by atoms with Gasteiger partial charge in [0.2, 0.25) is 5.76 Å². The molecule has 1 unspecified atom stereocenters. The molecule has 0 saturated heterocycles. The minimum Gasteiger partial charge on any atom is -0.461 e. The van der Waals surface area contributed by atoms with Crippen LogP contribution in [-0.4, -0.2) is 20.8 Å². The van der Waals surface area contributed by atoms with Gasteiger partial charge in [0.25, 0.3) is 5.91 Å². The lowest BCUT2D eigenvalue weighted by Gasteiger charge is -2.14. The van der Waals surface area contributed by atoms with Crippen molar-refractivity contribution in [2.45, 2.75) is 13.0 Å². The van der Waals surface area contributed by atoms with Crippen molar-refractivity contribution in [3.8, 4) is 11.5 Å². The second kappa shape index (κ2) is 7.30. The van der Waals surface area contributed by atoms with Crippen molar-refractivity contribution in [2.75, 3.05) is 5.32 Å². The quantitative estimate of drug-likeness (QED) is 0.534. The molecule has 1 amide bonds. The lowest BCUT2D eigenvalue weighted by molar-refractivity contribution is 0.101. The van der Waals surface area contributed by atoms with Crippen molar-refractivity contribution in [2.24, 2.45) is 0 Å². The molecular weight excluding hydrogens is 389 g/mol. The number of aromatic nitrogens is 3. The molecule has 0 bridgehead atoms. The summed E-state index contributed by atoms with van der Waals surface area (Å²) in [5.74, 6) is -2.93. The molecule has 1 aromatic carbocycles. The van der Waals surface area contributed by atoms with Crippen LogP contribution < -0.4 is 5.32 Å². The molecule has 7 nitrogen and oxygen atoms in total. The summed E-state index contributed by atoms with van der Waals surface area (Å²) in [5.41, 5.74) is -0.0629. The average Bonchev–Trinajstić information content (AvgIpc) is 3.41. The fourth-order valence-corrected chi connectivity index (χ4v) is 2.81. The van der Waals surface area contributed by atoms with E-state index in [0.29, 0.717) is 17.9 Å². The second-order valence-corrected chi connectivity index (χ2v) is 6.18. The van der Waals surface area contributed by atoms with Crippen LogP contribution in [0.2, 0.25) is 0 Å². The van der Waals surface area contributed by atoms with Gasteiger partial charge < -0.3 is 14.3 Å². The number of amides is 1. The minimum atomic E-state index is -1.02. The third-order valence-electron chi connectivity index (χ3n) is 4.22. The lowest BCUT2D eigenvalue weighted by Crippen LogP contribution is -2.13. The first-order chi connectivity index (χ1) is 13.9. The Balaban J connectivity index is 1.50. The van der Waals surface area contributed by atoms with Crippen LogP contribution in [0.15, 0.2) is 57.9 Å². The maximum atomic E-state index is 14.0. The number of furan rings is 1. The van der Waals surface area contributed by atoms with Gasteiger partial charge in [0.15, 0.2) is 11.5 Å². The van der Waals surface area contributed by atoms with Gasteiger partial charge in [-0.3, -0.25) is 9.48 Å². The second-order valence-electron chi connectivity index (χ2n) is 6.18. The van der Waals surface area contributed by atoms with E-state index in [1.807, 2.05) is 0 Å². The van der Waals surface area contributed by atoms with Crippen LogP contribution in [0.3, 0.4) is 0 Å². The number of carbonyl (C=O) groups is 1. The van der Waals surface area contributed by atoms with E-state index in [4.69, 9.17) is 8.94 Å². The monoisotopic (exact) mass is 402 g/mol. The number of nitrogens with zero attached hydrogens (tertiary/aromatic N) is 3. The third-order valence-corrected chi connectivity index (χ3v) is 4.22. The predicted octanol–water partition coefficient (Wildman–Crippen LogP) is 4.41. The molecule has 0 fully saturated rings. The lowest BCUT2D eigenvalue weighted by atomic mass is 10.1. The summed E-state index contributed by atoms with van der Waals surface area (Å²) in [6, 6.07) is 5.05. The Bertz CT molecular complexity index is 1140. The summed E-state index contributed by atoms with van der Waals surface area (Å²) in [7, 11) is 0. The van der Waals surface area contributed by atoms with Crippen LogP contribution in [-0.2, 0) is 0 Å². The molecule has 4 aromatic rings. The van der Waals surface area contributed by atoms with Crippen molar-refractivity contribution in [3.05, 3.63) is 77.7 Å². The summed E-state index contributed by atoms with van der Waals surface area (Å²) in [5, 5.41) is 10.2. The highest BCUT2D eigenvalue weighted by atomic mass is 19.1. The van der Waals surface area contributed by atoms with Gasteiger partial charge >= 0.3 is 0 Å². The number of rotatable bonds is 5. The number of nitrogens with one attached hydrogen (secondary N) is 1. The number of anilines is 1. The zero-order chi connectivity index (χ0) is 20.5. The number of hydrogen-bond donors (Lipinski definition) is 1. The van der Waals surface area contributed by atoms with E-state index in [9.17, 15) is 18.0 Å². The summed E-state index contributed by atoms with van der Waals surface area (Å²) < 4.78 is 52.6. The molecule has 3 aromatic heterocycles. The van der Waals surface area contributed by atoms with Crippen LogP contribution in [0.25, 0.3) is 11.5 Å². The maximum Gasteiger partial charge on any atom is 0.277 e. The standard InChI is InChI=1S/C19H13F3N4O3/c1-10(18-13(21)5-11(20)6-14(18)22)26-9-12(8-23-26)24-19(27)15-7-17(29-25-15)16-3-2-4-28-16/h2-10H,1H3,(H,24,27). The van der Waals surface area contributed by atoms with E-state index in [-0.39, 0.29) is 22.7 Å². The largest absolute Gasteiger partial charge is 0.461 e. The smallest absolute Gasteiger partial charge is 0.277 e. The van der Waals surface area contributed by atoms with E-state index in [0.717, 1.165) is 0 Å². The van der Waals surface area contributed by atoms with Crippen LogP contribution in [0.4, 0.5) is 18.9 Å². The highest BCUT2D eigenvalue weighted by molar-refractivity contribution is 6.03. The normalized spacial score (nSPS) is 12.1. The SMILES string of the molecule is CC(c1c(F)cc(F)cc1F)n1cc(NC(=O)c2cc(-c3ccco3)on2)cn1. The van der Waals surface area contributed by atoms with Gasteiger partial charge in [-0.25, -0.2) is 13.2 Å². The maximum absolute atomic E-state index is 14.0. The molecule has 1 N–H and O–H groups in total. The Morgan fingerprint density at radius 2 is 1.93 bits per heavy atom. The van der Waals surface area contributed by atoms with Crippen LogP contribution in [0.1, 0.15) is 29.0 Å². The van der Waals surface area contributed by atoms with E-state index in [1.54, 1.807) is 12.1 Å². The van der Waals surface area contributed by atoms with Gasteiger partial charge in [0, 0.05) is 30.0 Å². The summed E-state index contributed by atoms with van der Waals surface area (Å²) >= 11 is 0. The average molecular weight is 402 g/mol. The molecule has 4 rings (SSSR count). The molecule has 148 valence electrons. The van der Waals surface area contributed by atoms with Crippen molar-refractivity contribution < 1.29 is 26.9 Å². The molecule has 0 aliphatic rings. The van der Waals surface area contributed by atoms with Crippen LogP contribution in [0, 0.1) is 17.5 Å². The topological polar surface area (TPSA) is 86.1 Å². The Kier molecular flexibility index (Phi) is 4.67. The van der Waals surface area contributed by atoms with Crippen molar-refractivity contribution in [3.63, 3.8) is 0 Å². The number of benzene rings is 1. The first-order valence-electron chi connectivity index (χ1n) is 8.43. The molecule has 29 heavy (non-hydrogen) atoms. The summed E-state index contributed by atoms with van der Waals surface area (Å²) in [6.45, 7) is 1.49. The van der Waals surface area contributed by atoms with E-state index in [2.05, 4.69) is 15.6 Å². The number of halogens is 3. The Labute approximate surface area is 161 Å². The van der Waals surface area contributed by atoms with Gasteiger partial charge in [0.1, 0.15) is 17.5 Å². The molecule has 10 heteroatoms. The first-order valence-corrected chi connectivity index (χ1v) is 8.43. The molecule has 1 atom stereocenters. The molecule has 0 spiro atoms. The zero-order valence-electron chi connectivity index (χ0n) is 14.9. The zero-order valence-corrected chi connectivity index (χ0v) is 14.9. The van der Waals surface area contributed by atoms with Crippen molar-refractivity contribution in [1.82, 2.24) is 14.9 Å². The fraction of sp³-hybridized carbons (Fsp3) is 0.105. The third kappa shape index (κ3) is 3.64. The minimum absolute atomic E-state index is 0.00724. The Hall–Kier alpha value is -3.82. The molecule has 0 aliphatic heterocycles. The number of hydrogen-bond acceptors (Lipinski definition) is 5. The summed E-state index contributed by atoms with van der Waals surface area (Å²) in [6.07, 6.45) is 4.15. The fourth-order valence-electron chi connectivity index (χ4n) is 2.81. The molecule has 0 saturated carbocycles. The molecule has 0 aliphatic carbocycles. The van der Waals surface area contributed by atoms with Gasteiger partial charge in [-0.05, 0) is 19.1 Å². The van der Waals surface area contributed by atoms with Gasteiger partial charge in [0.05, 0.1) is 24.2 Å². The van der Waals surface area contributed by atoms with Crippen LogP contribution >= 0.6 is 0 Å². The van der Waals surface area contributed by atoms with Gasteiger partial charge in [-0.1, -0.05) is 5.16 Å². The van der Waals surface area contributed by atoms with E-state index >= 15 is 0 Å². The van der Waals surface area contributed by atoms with Gasteiger partial charge in [-0.2, -0.15) is 5.10 Å². The molecule has 0 radical (unpaired) electrons. The van der Waals surface area contributed by atoms with E-state index in [1.165, 1.54) is 36.3 Å². The molecular formula is C19H13F3N4O3. The van der Waals surface area contributed by atoms with Crippen LogP contribution in [0.5, 0.6) is 0 Å². The Morgan fingerprint density at radius 1 is 1.17 bits per heavy atom. The van der Waals surface area contributed by atoms with Gasteiger partial charge in [-0.15, -0.1) is 0 Å². The summed E-state index contributed by atoms with van der Waals surface area (Å²) in [4.78, 5) is 12.3. The Morgan fingerprint density at radius 3 is 2.62 bits per heavy atom. The van der Waals surface area contributed by atoms with E-state index < -0.39 is 29.4 Å². The van der Waals surface area contributed by atoms with Crippen molar-refractivity contribution in [1.29, 1.82) is 0 Å². The number of carbonyl (C=O) groups excluding carboxylic acids is 1.